The molecule has 0 saturated carbocycles. The van der Waals surface area contributed by atoms with E-state index in [0.29, 0.717) is 33.5 Å². The fourth-order valence-corrected chi connectivity index (χ4v) is 2.83. The molecule has 0 atom stereocenters. The van der Waals surface area contributed by atoms with Gasteiger partial charge in [-0.05, 0) is 30.3 Å². The number of ether oxygens (including phenoxy) is 3. The van der Waals surface area contributed by atoms with Crippen LogP contribution in [0.1, 0.15) is 10.4 Å². The Bertz CT molecular complexity index is 1010. The van der Waals surface area contributed by atoms with Crippen molar-refractivity contribution in [2.24, 2.45) is 0 Å². The molecular formula is C20H16Cl2N2O4. The second-order valence-corrected chi connectivity index (χ2v) is 6.40. The van der Waals surface area contributed by atoms with Crippen molar-refractivity contribution in [2.75, 3.05) is 19.5 Å². The van der Waals surface area contributed by atoms with Gasteiger partial charge in [0, 0.05) is 12.3 Å². The number of benzene rings is 2. The van der Waals surface area contributed by atoms with Crippen LogP contribution in [0.15, 0.2) is 54.7 Å². The minimum absolute atomic E-state index is 0.176. The van der Waals surface area contributed by atoms with E-state index in [0.717, 1.165) is 0 Å². The zero-order chi connectivity index (χ0) is 20.1. The standard InChI is InChI=1S/C20H16Cl2N2O4/c1-26-13-7-8-14(18(10-13)27-2)19(25)24-16-5-3-4-6-17(16)28-20-15(22)9-12(21)11-23-20/h3-11H,1-2H3,(H,24,25). The lowest BCUT2D eigenvalue weighted by Crippen LogP contribution is -2.14. The minimum Gasteiger partial charge on any atom is -0.497 e. The van der Waals surface area contributed by atoms with E-state index >= 15 is 0 Å². The number of methoxy groups -OCH3 is 2. The molecule has 0 unspecified atom stereocenters. The first-order chi connectivity index (χ1) is 13.5. The molecule has 28 heavy (non-hydrogen) atoms. The van der Waals surface area contributed by atoms with Gasteiger partial charge < -0.3 is 19.5 Å². The molecule has 0 fully saturated rings. The lowest BCUT2D eigenvalue weighted by Gasteiger charge is -2.14. The molecule has 3 aromatic rings. The van der Waals surface area contributed by atoms with Crippen LogP contribution < -0.4 is 19.5 Å². The highest BCUT2D eigenvalue weighted by atomic mass is 35.5. The number of amides is 1. The molecule has 0 aliphatic heterocycles. The molecule has 1 N–H and O–H groups in total. The van der Waals surface area contributed by atoms with Crippen LogP contribution in [0, 0.1) is 0 Å². The molecule has 1 heterocycles. The zero-order valence-electron chi connectivity index (χ0n) is 15.0. The minimum atomic E-state index is -0.370. The van der Waals surface area contributed by atoms with E-state index in [2.05, 4.69) is 10.3 Å². The summed E-state index contributed by atoms with van der Waals surface area (Å²) in [6.45, 7) is 0. The van der Waals surface area contributed by atoms with Crippen molar-refractivity contribution in [3.05, 3.63) is 70.3 Å². The summed E-state index contributed by atoms with van der Waals surface area (Å²) in [5.74, 6) is 1.15. The number of anilines is 1. The maximum atomic E-state index is 12.8. The summed E-state index contributed by atoms with van der Waals surface area (Å²) in [7, 11) is 3.02. The number of halogens is 2. The highest BCUT2D eigenvalue weighted by Gasteiger charge is 2.16. The van der Waals surface area contributed by atoms with Crippen LogP contribution in [0.3, 0.4) is 0 Å². The third-order valence-corrected chi connectivity index (χ3v) is 4.25. The van der Waals surface area contributed by atoms with Crippen LogP contribution >= 0.6 is 23.2 Å². The topological polar surface area (TPSA) is 69.7 Å². The first-order valence-electron chi connectivity index (χ1n) is 8.13. The van der Waals surface area contributed by atoms with Gasteiger partial charge in [-0.3, -0.25) is 4.79 Å². The predicted molar refractivity (Wildman–Crippen MR) is 108 cm³/mol. The van der Waals surface area contributed by atoms with Crippen molar-refractivity contribution in [1.29, 1.82) is 0 Å². The molecule has 0 aliphatic carbocycles. The van der Waals surface area contributed by atoms with Gasteiger partial charge in [-0.2, -0.15) is 0 Å². The van der Waals surface area contributed by atoms with E-state index in [9.17, 15) is 4.79 Å². The zero-order valence-corrected chi connectivity index (χ0v) is 16.5. The number of hydrogen-bond acceptors (Lipinski definition) is 5. The Morgan fingerprint density at radius 2 is 1.79 bits per heavy atom. The Labute approximate surface area is 172 Å². The Morgan fingerprint density at radius 3 is 2.50 bits per heavy atom. The average Bonchev–Trinajstić information content (AvgIpc) is 2.70. The Morgan fingerprint density at radius 1 is 1.00 bits per heavy atom. The number of nitrogens with zero attached hydrogens (tertiary/aromatic N) is 1. The monoisotopic (exact) mass is 418 g/mol. The molecule has 8 heteroatoms. The number of carbonyl (C=O) groups excluding carboxylic acids is 1. The first-order valence-corrected chi connectivity index (χ1v) is 8.88. The third-order valence-electron chi connectivity index (χ3n) is 3.77. The summed E-state index contributed by atoms with van der Waals surface area (Å²) in [5, 5.41) is 3.46. The van der Waals surface area contributed by atoms with Gasteiger partial charge in [-0.25, -0.2) is 4.98 Å². The van der Waals surface area contributed by atoms with Gasteiger partial charge in [0.05, 0.1) is 30.5 Å². The maximum absolute atomic E-state index is 12.8. The van der Waals surface area contributed by atoms with E-state index in [1.165, 1.54) is 26.5 Å². The fraction of sp³-hybridized carbons (Fsp3) is 0.100. The third kappa shape index (κ3) is 4.47. The number of pyridine rings is 1. The second kappa shape index (κ2) is 8.82. The van der Waals surface area contributed by atoms with Crippen molar-refractivity contribution < 1.29 is 19.0 Å². The summed E-state index contributed by atoms with van der Waals surface area (Å²) < 4.78 is 16.2. The van der Waals surface area contributed by atoms with E-state index in [4.69, 9.17) is 37.4 Å². The van der Waals surface area contributed by atoms with Crippen LogP contribution in [0.2, 0.25) is 10.0 Å². The van der Waals surface area contributed by atoms with Gasteiger partial charge in [0.15, 0.2) is 5.75 Å². The van der Waals surface area contributed by atoms with Gasteiger partial charge in [0.1, 0.15) is 16.5 Å². The Balaban J connectivity index is 1.86. The summed E-state index contributed by atoms with van der Waals surface area (Å²) >= 11 is 12.0. The summed E-state index contributed by atoms with van der Waals surface area (Å²) in [6, 6.07) is 13.4. The highest BCUT2D eigenvalue weighted by Crippen LogP contribution is 2.34. The molecular weight excluding hydrogens is 403 g/mol. The Hall–Kier alpha value is -2.96. The molecule has 1 amide bonds. The maximum Gasteiger partial charge on any atom is 0.259 e. The molecule has 0 saturated heterocycles. The molecule has 1 aromatic heterocycles. The van der Waals surface area contributed by atoms with Crippen LogP contribution in [-0.2, 0) is 0 Å². The van der Waals surface area contributed by atoms with E-state index in [-0.39, 0.29) is 16.8 Å². The lowest BCUT2D eigenvalue weighted by atomic mass is 10.1. The summed E-state index contributed by atoms with van der Waals surface area (Å²) in [5.41, 5.74) is 0.791. The summed E-state index contributed by atoms with van der Waals surface area (Å²) in [4.78, 5) is 16.8. The average molecular weight is 419 g/mol. The highest BCUT2D eigenvalue weighted by molar-refractivity contribution is 6.35. The van der Waals surface area contributed by atoms with E-state index in [1.54, 1.807) is 42.5 Å². The Kier molecular flexibility index (Phi) is 6.23. The summed E-state index contributed by atoms with van der Waals surface area (Å²) in [6.07, 6.45) is 1.42. The molecule has 0 spiro atoms. The number of nitrogens with one attached hydrogen (secondary N) is 1. The molecule has 0 bridgehead atoms. The largest absolute Gasteiger partial charge is 0.497 e. The molecule has 3 rings (SSSR count). The smallest absolute Gasteiger partial charge is 0.259 e. The van der Waals surface area contributed by atoms with Crippen LogP contribution in [0.4, 0.5) is 5.69 Å². The van der Waals surface area contributed by atoms with Gasteiger partial charge in [0.25, 0.3) is 5.91 Å². The van der Waals surface area contributed by atoms with Gasteiger partial charge >= 0.3 is 0 Å². The van der Waals surface area contributed by atoms with Crippen molar-refractivity contribution in [1.82, 2.24) is 4.98 Å². The second-order valence-electron chi connectivity index (χ2n) is 5.56. The molecule has 2 aromatic carbocycles. The van der Waals surface area contributed by atoms with Gasteiger partial charge in [-0.15, -0.1) is 0 Å². The molecule has 0 radical (unpaired) electrons. The lowest BCUT2D eigenvalue weighted by molar-refractivity contribution is 0.102. The number of rotatable bonds is 6. The SMILES string of the molecule is COc1ccc(C(=O)Nc2ccccc2Oc2ncc(Cl)cc2Cl)c(OC)c1. The normalized spacial score (nSPS) is 10.3. The number of hydrogen-bond donors (Lipinski definition) is 1. The van der Waals surface area contributed by atoms with Crippen LogP contribution in [0.25, 0.3) is 0 Å². The number of carbonyl (C=O) groups is 1. The van der Waals surface area contributed by atoms with E-state index in [1.807, 2.05) is 0 Å². The van der Waals surface area contributed by atoms with Crippen molar-refractivity contribution in [2.45, 2.75) is 0 Å². The van der Waals surface area contributed by atoms with Gasteiger partial charge in [0.2, 0.25) is 5.88 Å². The molecule has 6 nitrogen and oxygen atoms in total. The van der Waals surface area contributed by atoms with Crippen molar-refractivity contribution in [3.8, 4) is 23.1 Å². The van der Waals surface area contributed by atoms with Crippen LogP contribution in [0.5, 0.6) is 23.1 Å². The fourth-order valence-electron chi connectivity index (χ4n) is 2.42. The van der Waals surface area contributed by atoms with Crippen LogP contribution in [-0.4, -0.2) is 25.1 Å². The molecule has 0 aliphatic rings. The molecule has 144 valence electrons. The van der Waals surface area contributed by atoms with Gasteiger partial charge in [-0.1, -0.05) is 35.3 Å². The first kappa shape index (κ1) is 19.8. The quantitative estimate of drug-likeness (QED) is 0.576. The number of para-hydroxylation sites is 2. The van der Waals surface area contributed by atoms with E-state index < -0.39 is 0 Å². The van der Waals surface area contributed by atoms with Crippen molar-refractivity contribution >= 4 is 34.8 Å². The predicted octanol–water partition coefficient (Wildman–Crippen LogP) is 5.45. The number of aromatic nitrogens is 1. The van der Waals surface area contributed by atoms with Crippen molar-refractivity contribution in [3.63, 3.8) is 0 Å².